The zero-order valence-electron chi connectivity index (χ0n) is 10.1. The Kier molecular flexibility index (Phi) is 3.45. The second-order valence-electron chi connectivity index (χ2n) is 4.45. The number of aromatic nitrogens is 1. The predicted molar refractivity (Wildman–Crippen MR) is 66.7 cm³/mol. The molecule has 1 saturated carbocycles. The van der Waals surface area contributed by atoms with Gasteiger partial charge in [0.15, 0.2) is 0 Å². The van der Waals surface area contributed by atoms with Crippen LogP contribution in [0, 0.1) is 0 Å². The Morgan fingerprint density at radius 2 is 2.22 bits per heavy atom. The average Bonchev–Trinajstić information content (AvgIpc) is 3.12. The zero-order valence-corrected chi connectivity index (χ0v) is 10.1. The first-order valence-corrected chi connectivity index (χ1v) is 5.89. The number of pyridine rings is 1. The number of hydrogen-bond acceptors (Lipinski definition) is 4. The number of nitrogens with two attached hydrogens (primary N) is 1. The summed E-state index contributed by atoms with van der Waals surface area (Å²) in [4.78, 5) is 27.3. The molecule has 2 rings (SSSR count). The van der Waals surface area contributed by atoms with Crippen molar-refractivity contribution < 1.29 is 9.59 Å². The van der Waals surface area contributed by atoms with E-state index in [2.05, 4.69) is 15.6 Å². The van der Waals surface area contributed by atoms with Gasteiger partial charge in [-0.1, -0.05) is 0 Å². The third-order valence-corrected chi connectivity index (χ3v) is 2.71. The second kappa shape index (κ2) is 5.03. The fourth-order valence-electron chi connectivity index (χ4n) is 1.49. The van der Waals surface area contributed by atoms with Gasteiger partial charge >= 0.3 is 0 Å². The van der Waals surface area contributed by atoms with Crippen molar-refractivity contribution in [3.63, 3.8) is 0 Å². The summed E-state index contributed by atoms with van der Waals surface area (Å²) in [7, 11) is 0. The van der Waals surface area contributed by atoms with Crippen molar-refractivity contribution in [1.82, 2.24) is 15.6 Å². The fourth-order valence-corrected chi connectivity index (χ4v) is 1.49. The minimum atomic E-state index is -0.563. The van der Waals surface area contributed by atoms with Crippen LogP contribution in [0.4, 0.5) is 5.82 Å². The molecule has 1 aliphatic carbocycles. The van der Waals surface area contributed by atoms with Crippen molar-refractivity contribution in [2.24, 2.45) is 0 Å². The lowest BCUT2D eigenvalue weighted by atomic mass is 10.2. The number of hydrogen-bond donors (Lipinski definition) is 3. The molecule has 0 saturated heterocycles. The van der Waals surface area contributed by atoms with E-state index < -0.39 is 6.04 Å². The van der Waals surface area contributed by atoms with Gasteiger partial charge in [-0.05, 0) is 31.9 Å². The topological polar surface area (TPSA) is 97.1 Å². The lowest BCUT2D eigenvalue weighted by Crippen LogP contribution is -2.45. The molecule has 1 fully saturated rings. The van der Waals surface area contributed by atoms with Crippen LogP contribution in [0.3, 0.4) is 0 Å². The summed E-state index contributed by atoms with van der Waals surface area (Å²) in [6, 6.07) is 2.75. The molecule has 6 heteroatoms. The summed E-state index contributed by atoms with van der Waals surface area (Å²) in [5, 5.41) is 5.45. The Morgan fingerprint density at radius 1 is 1.50 bits per heavy atom. The Hall–Kier alpha value is -2.11. The van der Waals surface area contributed by atoms with Crippen molar-refractivity contribution in [2.75, 3.05) is 5.73 Å². The SMILES string of the molecule is CC(NC(=O)c1ccnc(N)c1)C(=O)NC1CC1. The maximum absolute atomic E-state index is 11.8. The van der Waals surface area contributed by atoms with Gasteiger partial charge in [0.2, 0.25) is 5.91 Å². The van der Waals surface area contributed by atoms with Crippen LogP contribution < -0.4 is 16.4 Å². The van der Waals surface area contributed by atoms with Gasteiger partial charge in [0.1, 0.15) is 11.9 Å². The molecule has 0 aromatic carbocycles. The van der Waals surface area contributed by atoms with Crippen molar-refractivity contribution in [2.45, 2.75) is 31.8 Å². The van der Waals surface area contributed by atoms with E-state index in [0.29, 0.717) is 5.56 Å². The minimum Gasteiger partial charge on any atom is -0.384 e. The van der Waals surface area contributed by atoms with Crippen LogP contribution in [-0.4, -0.2) is 28.9 Å². The van der Waals surface area contributed by atoms with Gasteiger partial charge in [-0.2, -0.15) is 0 Å². The lowest BCUT2D eigenvalue weighted by molar-refractivity contribution is -0.122. The van der Waals surface area contributed by atoms with Crippen molar-refractivity contribution in [3.8, 4) is 0 Å². The maximum Gasteiger partial charge on any atom is 0.252 e. The Morgan fingerprint density at radius 3 is 2.83 bits per heavy atom. The first kappa shape index (κ1) is 12.3. The van der Waals surface area contributed by atoms with E-state index in [1.165, 1.54) is 12.3 Å². The molecule has 1 unspecified atom stereocenters. The molecule has 0 spiro atoms. The fraction of sp³-hybridized carbons (Fsp3) is 0.417. The maximum atomic E-state index is 11.8. The highest BCUT2D eigenvalue weighted by molar-refractivity contribution is 5.97. The van der Waals surface area contributed by atoms with E-state index in [0.717, 1.165) is 12.8 Å². The van der Waals surface area contributed by atoms with Gasteiger partial charge in [-0.3, -0.25) is 9.59 Å². The highest BCUT2D eigenvalue weighted by Crippen LogP contribution is 2.18. The Bertz CT molecular complexity index is 471. The van der Waals surface area contributed by atoms with Gasteiger partial charge < -0.3 is 16.4 Å². The summed E-state index contributed by atoms with van der Waals surface area (Å²) in [5.74, 6) is -0.215. The highest BCUT2D eigenvalue weighted by atomic mass is 16.2. The van der Waals surface area contributed by atoms with Crippen LogP contribution in [0.2, 0.25) is 0 Å². The van der Waals surface area contributed by atoms with E-state index in [1.807, 2.05) is 0 Å². The van der Waals surface area contributed by atoms with Crippen LogP contribution in [0.5, 0.6) is 0 Å². The molecule has 1 atom stereocenters. The van der Waals surface area contributed by atoms with E-state index in [1.54, 1.807) is 13.0 Å². The van der Waals surface area contributed by atoms with Crippen LogP contribution in [-0.2, 0) is 4.79 Å². The number of carbonyl (C=O) groups excluding carboxylic acids is 2. The first-order valence-electron chi connectivity index (χ1n) is 5.89. The molecule has 0 aliphatic heterocycles. The standard InChI is InChI=1S/C12H16N4O2/c1-7(11(17)16-9-2-3-9)15-12(18)8-4-5-14-10(13)6-8/h4-7,9H,2-3H2,1H3,(H2,13,14)(H,15,18)(H,16,17). The molecule has 0 radical (unpaired) electrons. The lowest BCUT2D eigenvalue weighted by Gasteiger charge is -2.13. The Balaban J connectivity index is 1.91. The molecule has 18 heavy (non-hydrogen) atoms. The van der Waals surface area contributed by atoms with Crippen molar-refractivity contribution >= 4 is 17.6 Å². The van der Waals surface area contributed by atoms with Crippen LogP contribution >= 0.6 is 0 Å². The minimum absolute atomic E-state index is 0.159. The third kappa shape index (κ3) is 3.19. The van der Waals surface area contributed by atoms with Crippen LogP contribution in [0.1, 0.15) is 30.1 Å². The number of anilines is 1. The van der Waals surface area contributed by atoms with Gasteiger partial charge in [0.05, 0.1) is 0 Å². The predicted octanol–water partition coefficient (Wildman–Crippen LogP) is 0.0607. The molecule has 1 aromatic rings. The molecule has 2 amide bonds. The number of nitrogen functional groups attached to an aromatic ring is 1. The molecular formula is C12H16N4O2. The average molecular weight is 248 g/mol. The monoisotopic (exact) mass is 248 g/mol. The van der Waals surface area contributed by atoms with Crippen molar-refractivity contribution in [3.05, 3.63) is 23.9 Å². The van der Waals surface area contributed by atoms with Gasteiger partial charge in [0, 0.05) is 17.8 Å². The smallest absolute Gasteiger partial charge is 0.252 e. The molecule has 0 bridgehead atoms. The van der Waals surface area contributed by atoms with E-state index in [9.17, 15) is 9.59 Å². The molecule has 4 N–H and O–H groups in total. The summed E-state index contributed by atoms with van der Waals surface area (Å²) in [5.41, 5.74) is 5.89. The van der Waals surface area contributed by atoms with Crippen LogP contribution in [0.25, 0.3) is 0 Å². The highest BCUT2D eigenvalue weighted by Gasteiger charge is 2.26. The summed E-state index contributed by atoms with van der Waals surface area (Å²) >= 11 is 0. The molecule has 96 valence electrons. The quantitative estimate of drug-likeness (QED) is 0.702. The molecule has 1 aliphatic rings. The summed E-state index contributed by atoms with van der Waals surface area (Å²) in [6.45, 7) is 1.65. The number of nitrogens with one attached hydrogen (secondary N) is 2. The van der Waals surface area contributed by atoms with Crippen molar-refractivity contribution in [1.29, 1.82) is 0 Å². The number of rotatable bonds is 4. The second-order valence-corrected chi connectivity index (χ2v) is 4.45. The molecule has 1 heterocycles. The largest absolute Gasteiger partial charge is 0.384 e. The van der Waals surface area contributed by atoms with E-state index in [-0.39, 0.29) is 23.7 Å². The van der Waals surface area contributed by atoms with Crippen LogP contribution in [0.15, 0.2) is 18.3 Å². The summed E-state index contributed by atoms with van der Waals surface area (Å²) in [6.07, 6.45) is 3.50. The van der Waals surface area contributed by atoms with Gasteiger partial charge in [-0.25, -0.2) is 4.98 Å². The van der Waals surface area contributed by atoms with Gasteiger partial charge in [-0.15, -0.1) is 0 Å². The molecule has 1 aromatic heterocycles. The Labute approximate surface area is 105 Å². The molecule has 6 nitrogen and oxygen atoms in total. The van der Waals surface area contributed by atoms with E-state index in [4.69, 9.17) is 5.73 Å². The first-order chi connectivity index (χ1) is 8.56. The molecular weight excluding hydrogens is 232 g/mol. The zero-order chi connectivity index (χ0) is 13.1. The number of nitrogens with zero attached hydrogens (tertiary/aromatic N) is 1. The number of carbonyl (C=O) groups is 2. The van der Waals surface area contributed by atoms with E-state index >= 15 is 0 Å². The number of amides is 2. The third-order valence-electron chi connectivity index (χ3n) is 2.71. The summed E-state index contributed by atoms with van der Waals surface area (Å²) < 4.78 is 0. The normalized spacial score (nSPS) is 15.8. The van der Waals surface area contributed by atoms with Gasteiger partial charge in [0.25, 0.3) is 5.91 Å².